The van der Waals surface area contributed by atoms with E-state index in [0.717, 1.165) is 11.8 Å². The topological polar surface area (TPSA) is 88.6 Å². The molecule has 1 aromatic carbocycles. The molecule has 1 aliphatic heterocycles. The molecule has 1 amide bonds. The summed E-state index contributed by atoms with van der Waals surface area (Å²) in [4.78, 5) is 14.4. The number of aryl methyl sites for hydroxylation is 1. The van der Waals surface area contributed by atoms with E-state index < -0.39 is 19.7 Å². The maximum absolute atomic E-state index is 12.4. The Hall–Kier alpha value is -1.41. The quantitative estimate of drug-likeness (QED) is 0.680. The van der Waals surface area contributed by atoms with E-state index in [-0.39, 0.29) is 27.7 Å². The largest absolute Gasteiger partial charge is 0.343 e. The van der Waals surface area contributed by atoms with Crippen molar-refractivity contribution >= 4 is 25.6 Å². The van der Waals surface area contributed by atoms with Gasteiger partial charge in [-0.1, -0.05) is 26.0 Å². The summed E-state index contributed by atoms with van der Waals surface area (Å²) in [5.41, 5.74) is 0.908. The van der Waals surface area contributed by atoms with E-state index in [9.17, 15) is 21.6 Å². The number of nitrogens with zero attached hydrogens (tertiary/aromatic N) is 1. The van der Waals surface area contributed by atoms with Crippen molar-refractivity contribution in [1.82, 2.24) is 4.90 Å². The molecule has 0 spiro atoms. The molecule has 152 valence electrons. The second-order valence-corrected chi connectivity index (χ2v) is 12.1. The number of carbonyl (C=O) groups is 1. The third-order valence-corrected chi connectivity index (χ3v) is 8.59. The monoisotopic (exact) mass is 415 g/mol. The molecule has 0 bridgehead atoms. The van der Waals surface area contributed by atoms with Gasteiger partial charge in [0.05, 0.1) is 15.9 Å². The maximum atomic E-state index is 12.4. The molecule has 0 unspecified atom stereocenters. The van der Waals surface area contributed by atoms with Crippen LogP contribution < -0.4 is 0 Å². The zero-order chi connectivity index (χ0) is 20.2. The Morgan fingerprint density at radius 1 is 1.07 bits per heavy atom. The number of rotatable bonds is 7. The van der Waals surface area contributed by atoms with E-state index in [1.165, 1.54) is 0 Å². The first-order valence-corrected chi connectivity index (χ1v) is 12.9. The molecule has 1 saturated heterocycles. The molecule has 1 aromatic rings. The fourth-order valence-electron chi connectivity index (χ4n) is 3.38. The molecule has 0 saturated carbocycles. The zero-order valence-electron chi connectivity index (χ0n) is 16.2. The Bertz CT molecular complexity index is 850. The lowest BCUT2D eigenvalue weighted by Crippen LogP contribution is -2.43. The molecule has 0 radical (unpaired) electrons. The molecule has 2 rings (SSSR count). The van der Waals surface area contributed by atoms with Gasteiger partial charge in [-0.2, -0.15) is 0 Å². The second-order valence-electron chi connectivity index (χ2n) is 7.72. The SMILES string of the molecule is CC(C)CS(=O)(=O)C1CCN(C(=O)CCc2ccc(S(C)(=O)=O)cc2)CC1. The summed E-state index contributed by atoms with van der Waals surface area (Å²) in [7, 11) is -6.31. The van der Waals surface area contributed by atoms with Crippen LogP contribution in [0.1, 0.15) is 38.7 Å². The zero-order valence-corrected chi connectivity index (χ0v) is 17.9. The summed E-state index contributed by atoms with van der Waals surface area (Å²) in [6, 6.07) is 6.57. The van der Waals surface area contributed by atoms with Crippen LogP contribution in [-0.4, -0.2) is 58.0 Å². The van der Waals surface area contributed by atoms with Gasteiger partial charge in [-0.3, -0.25) is 4.79 Å². The molecule has 0 aromatic heterocycles. The molecule has 1 heterocycles. The van der Waals surface area contributed by atoms with Gasteiger partial charge in [0.15, 0.2) is 19.7 Å². The molecule has 1 aliphatic rings. The Kier molecular flexibility index (Phi) is 7.08. The number of hydrogen-bond acceptors (Lipinski definition) is 5. The number of amides is 1. The predicted octanol–water partition coefficient (Wildman–Crippen LogP) is 2.08. The summed E-state index contributed by atoms with van der Waals surface area (Å²) in [6.45, 7) is 4.76. The lowest BCUT2D eigenvalue weighted by Gasteiger charge is -2.32. The standard InChI is InChI=1S/C19H29NO5S2/c1-15(2)14-27(24,25)18-10-12-20(13-11-18)19(21)9-6-16-4-7-17(8-5-16)26(3,22)23/h4-5,7-8,15,18H,6,9-14H2,1-3H3. The summed E-state index contributed by atoms with van der Waals surface area (Å²) < 4.78 is 47.6. The van der Waals surface area contributed by atoms with Crippen molar-refractivity contribution in [3.63, 3.8) is 0 Å². The van der Waals surface area contributed by atoms with Crippen LogP contribution in [0.5, 0.6) is 0 Å². The molecule has 27 heavy (non-hydrogen) atoms. The smallest absolute Gasteiger partial charge is 0.222 e. The third kappa shape index (κ3) is 6.31. The molecule has 1 fully saturated rings. The van der Waals surface area contributed by atoms with E-state index in [0.29, 0.717) is 38.8 Å². The highest BCUT2D eigenvalue weighted by molar-refractivity contribution is 7.92. The number of likely N-dealkylation sites (tertiary alicyclic amines) is 1. The van der Waals surface area contributed by atoms with Crippen LogP contribution in [0, 0.1) is 5.92 Å². The highest BCUT2D eigenvalue weighted by Gasteiger charge is 2.31. The first-order valence-electron chi connectivity index (χ1n) is 9.27. The first kappa shape index (κ1) is 21.9. The van der Waals surface area contributed by atoms with Crippen molar-refractivity contribution in [2.24, 2.45) is 5.92 Å². The molecular formula is C19H29NO5S2. The minimum atomic E-state index is -3.22. The van der Waals surface area contributed by atoms with Crippen molar-refractivity contribution < 1.29 is 21.6 Å². The molecule has 6 nitrogen and oxygen atoms in total. The lowest BCUT2D eigenvalue weighted by atomic mass is 10.1. The van der Waals surface area contributed by atoms with Crippen molar-refractivity contribution in [2.45, 2.75) is 49.7 Å². The van der Waals surface area contributed by atoms with Crippen LogP contribution in [-0.2, 0) is 30.9 Å². The van der Waals surface area contributed by atoms with Crippen LogP contribution in [0.15, 0.2) is 29.2 Å². The second kappa shape index (κ2) is 8.73. The van der Waals surface area contributed by atoms with Crippen LogP contribution in [0.25, 0.3) is 0 Å². The van der Waals surface area contributed by atoms with Gasteiger partial charge in [0.25, 0.3) is 0 Å². The fourth-order valence-corrected chi connectivity index (χ4v) is 6.14. The summed E-state index contributed by atoms with van der Waals surface area (Å²) in [5.74, 6) is 0.334. The van der Waals surface area contributed by atoms with Gasteiger partial charge in [0.1, 0.15) is 0 Å². The highest BCUT2D eigenvalue weighted by Crippen LogP contribution is 2.21. The normalized spacial score (nSPS) is 16.7. The van der Waals surface area contributed by atoms with Crippen molar-refractivity contribution in [3.05, 3.63) is 29.8 Å². The van der Waals surface area contributed by atoms with Crippen molar-refractivity contribution in [1.29, 1.82) is 0 Å². The van der Waals surface area contributed by atoms with Gasteiger partial charge in [-0.25, -0.2) is 16.8 Å². The minimum absolute atomic E-state index is 0.0156. The summed E-state index contributed by atoms with van der Waals surface area (Å²) >= 11 is 0. The third-order valence-electron chi connectivity index (χ3n) is 4.85. The predicted molar refractivity (Wildman–Crippen MR) is 106 cm³/mol. The van der Waals surface area contributed by atoms with Crippen LogP contribution in [0.3, 0.4) is 0 Å². The first-order chi connectivity index (χ1) is 12.5. The van der Waals surface area contributed by atoms with Crippen LogP contribution in [0.4, 0.5) is 0 Å². The van der Waals surface area contributed by atoms with Crippen molar-refractivity contribution in [3.8, 4) is 0 Å². The molecular weight excluding hydrogens is 386 g/mol. The van der Waals surface area contributed by atoms with Crippen molar-refractivity contribution in [2.75, 3.05) is 25.1 Å². The Morgan fingerprint density at radius 3 is 2.11 bits per heavy atom. The highest BCUT2D eigenvalue weighted by atomic mass is 32.2. The van der Waals surface area contributed by atoms with E-state index >= 15 is 0 Å². The lowest BCUT2D eigenvalue weighted by molar-refractivity contribution is -0.132. The average molecular weight is 416 g/mol. The average Bonchev–Trinajstić information content (AvgIpc) is 2.58. The van der Waals surface area contributed by atoms with E-state index in [1.54, 1.807) is 29.2 Å². The number of sulfone groups is 2. The number of piperidine rings is 1. The molecule has 0 aliphatic carbocycles. The summed E-state index contributed by atoms with van der Waals surface area (Å²) in [5, 5.41) is -0.340. The molecule has 0 atom stereocenters. The Morgan fingerprint density at radius 2 is 1.63 bits per heavy atom. The van der Waals surface area contributed by atoms with E-state index in [2.05, 4.69) is 0 Å². The van der Waals surface area contributed by atoms with Crippen LogP contribution >= 0.6 is 0 Å². The van der Waals surface area contributed by atoms with E-state index in [4.69, 9.17) is 0 Å². The fraction of sp³-hybridized carbons (Fsp3) is 0.632. The summed E-state index contributed by atoms with van der Waals surface area (Å²) in [6.07, 6.45) is 3.04. The maximum Gasteiger partial charge on any atom is 0.222 e. The number of hydrogen-bond donors (Lipinski definition) is 0. The van der Waals surface area contributed by atoms with Gasteiger partial charge in [0.2, 0.25) is 5.91 Å². The molecule has 0 N–H and O–H groups in total. The Balaban J connectivity index is 1.84. The van der Waals surface area contributed by atoms with Gasteiger partial charge in [0, 0.05) is 25.8 Å². The van der Waals surface area contributed by atoms with Gasteiger partial charge in [-0.15, -0.1) is 0 Å². The Labute approximate surface area is 162 Å². The number of carbonyl (C=O) groups excluding carboxylic acids is 1. The molecule has 8 heteroatoms. The minimum Gasteiger partial charge on any atom is -0.343 e. The van der Waals surface area contributed by atoms with Crippen LogP contribution in [0.2, 0.25) is 0 Å². The van der Waals surface area contributed by atoms with Gasteiger partial charge < -0.3 is 4.90 Å². The number of benzene rings is 1. The van der Waals surface area contributed by atoms with Gasteiger partial charge in [-0.05, 0) is 42.9 Å². The van der Waals surface area contributed by atoms with Gasteiger partial charge >= 0.3 is 0 Å². The van der Waals surface area contributed by atoms with E-state index in [1.807, 2.05) is 13.8 Å².